The topological polar surface area (TPSA) is 71.3 Å². The van der Waals surface area contributed by atoms with Crippen LogP contribution in [0.5, 0.6) is 5.75 Å². The van der Waals surface area contributed by atoms with Gasteiger partial charge in [-0.1, -0.05) is 6.07 Å². The molecule has 0 aliphatic rings. The summed E-state index contributed by atoms with van der Waals surface area (Å²) in [5, 5.41) is 12.2. The monoisotopic (exact) mass is 258 g/mol. The number of rotatable bonds is 2. The van der Waals surface area contributed by atoms with Crippen molar-refractivity contribution in [2.75, 3.05) is 5.32 Å². The fourth-order valence-electron chi connectivity index (χ4n) is 1.64. The van der Waals surface area contributed by atoms with E-state index >= 15 is 0 Å². The van der Waals surface area contributed by atoms with Crippen LogP contribution in [0.15, 0.2) is 41.3 Å². The first-order valence-corrected chi connectivity index (χ1v) is 5.75. The lowest BCUT2D eigenvalue weighted by Gasteiger charge is -2.09. The molecule has 2 N–H and O–H groups in total. The van der Waals surface area contributed by atoms with Crippen LogP contribution in [0.25, 0.3) is 0 Å². The predicted molar refractivity (Wildman–Crippen MR) is 72.5 cm³/mol. The number of aromatic nitrogens is 1. The van der Waals surface area contributed by atoms with Crippen LogP contribution in [0.2, 0.25) is 0 Å². The number of anilines is 1. The zero-order valence-corrected chi connectivity index (χ0v) is 10.7. The maximum atomic E-state index is 12.0. The van der Waals surface area contributed by atoms with Gasteiger partial charge in [-0.3, -0.25) is 9.59 Å². The van der Waals surface area contributed by atoms with Gasteiger partial charge in [0.25, 0.3) is 11.5 Å². The molecule has 2 aromatic rings. The Labute approximate surface area is 110 Å². The van der Waals surface area contributed by atoms with E-state index in [2.05, 4.69) is 5.32 Å². The second-order valence-electron chi connectivity index (χ2n) is 4.27. The van der Waals surface area contributed by atoms with Crippen molar-refractivity contribution in [2.45, 2.75) is 6.92 Å². The van der Waals surface area contributed by atoms with Crippen molar-refractivity contribution in [2.24, 2.45) is 7.05 Å². The summed E-state index contributed by atoms with van der Waals surface area (Å²) in [6.45, 7) is 1.70. The van der Waals surface area contributed by atoms with Crippen LogP contribution in [0.3, 0.4) is 0 Å². The Kier molecular flexibility index (Phi) is 3.37. The minimum atomic E-state index is -0.383. The first-order chi connectivity index (χ1) is 8.99. The third kappa shape index (κ3) is 2.65. The zero-order valence-electron chi connectivity index (χ0n) is 10.7. The number of hydrogen-bond donors (Lipinski definition) is 2. The number of aromatic hydroxyl groups is 1. The molecular formula is C14H14N2O3. The fraction of sp³-hybridized carbons (Fsp3) is 0.143. The van der Waals surface area contributed by atoms with Crippen LogP contribution < -0.4 is 10.9 Å². The van der Waals surface area contributed by atoms with Crippen LogP contribution >= 0.6 is 0 Å². The number of nitrogens with zero attached hydrogens (tertiary/aromatic N) is 1. The zero-order chi connectivity index (χ0) is 14.0. The molecule has 1 aromatic heterocycles. The average molecular weight is 258 g/mol. The normalized spacial score (nSPS) is 10.2. The van der Waals surface area contributed by atoms with E-state index in [0.717, 1.165) is 0 Å². The highest BCUT2D eigenvalue weighted by Crippen LogP contribution is 2.24. The second-order valence-corrected chi connectivity index (χ2v) is 4.27. The van der Waals surface area contributed by atoms with Crippen LogP contribution in [0.1, 0.15) is 15.9 Å². The van der Waals surface area contributed by atoms with E-state index in [4.69, 9.17) is 0 Å². The molecule has 19 heavy (non-hydrogen) atoms. The molecule has 0 radical (unpaired) electrons. The molecule has 0 saturated carbocycles. The lowest BCUT2D eigenvalue weighted by atomic mass is 10.1. The van der Waals surface area contributed by atoms with Gasteiger partial charge in [-0.2, -0.15) is 0 Å². The van der Waals surface area contributed by atoms with Gasteiger partial charge >= 0.3 is 0 Å². The number of hydrogen-bond acceptors (Lipinski definition) is 3. The van der Waals surface area contributed by atoms with Gasteiger partial charge in [-0.15, -0.1) is 0 Å². The molecule has 0 aliphatic carbocycles. The molecule has 0 saturated heterocycles. The molecule has 0 fully saturated rings. The molecule has 0 unspecified atom stereocenters. The molecule has 5 nitrogen and oxygen atoms in total. The van der Waals surface area contributed by atoms with Crippen molar-refractivity contribution in [1.82, 2.24) is 4.57 Å². The highest BCUT2D eigenvalue weighted by molar-refractivity contribution is 6.04. The maximum Gasteiger partial charge on any atom is 0.255 e. The summed E-state index contributed by atoms with van der Waals surface area (Å²) >= 11 is 0. The lowest BCUT2D eigenvalue weighted by molar-refractivity contribution is 0.102. The summed E-state index contributed by atoms with van der Waals surface area (Å²) < 4.78 is 1.39. The first kappa shape index (κ1) is 12.9. The van der Waals surface area contributed by atoms with Gasteiger partial charge < -0.3 is 15.0 Å². The van der Waals surface area contributed by atoms with Crippen LogP contribution in [-0.4, -0.2) is 15.6 Å². The van der Waals surface area contributed by atoms with Crippen molar-refractivity contribution in [3.8, 4) is 5.75 Å². The van der Waals surface area contributed by atoms with Gasteiger partial charge in [0.15, 0.2) is 0 Å². The molecule has 1 aromatic carbocycles. The van der Waals surface area contributed by atoms with Crippen LogP contribution in [0, 0.1) is 6.92 Å². The number of nitrogens with one attached hydrogen (secondary N) is 1. The largest absolute Gasteiger partial charge is 0.508 e. The second kappa shape index (κ2) is 4.97. The maximum absolute atomic E-state index is 12.0. The van der Waals surface area contributed by atoms with Crippen LogP contribution in [0.4, 0.5) is 5.69 Å². The number of pyridine rings is 1. The van der Waals surface area contributed by atoms with Crippen molar-refractivity contribution in [3.05, 3.63) is 58.0 Å². The number of amides is 1. The average Bonchev–Trinajstić information content (AvgIpc) is 2.38. The van der Waals surface area contributed by atoms with E-state index in [1.807, 2.05) is 0 Å². The standard InChI is InChI=1S/C14H14N2O3/c1-9-11(4-3-5-12(9)17)15-14(19)10-6-7-16(2)13(18)8-10/h3-8,17H,1-2H3,(H,15,19). The SMILES string of the molecule is Cc1c(O)cccc1NC(=O)c1ccn(C)c(=O)c1. The smallest absolute Gasteiger partial charge is 0.255 e. The summed E-state index contributed by atoms with van der Waals surface area (Å²) in [6.07, 6.45) is 1.53. The highest BCUT2D eigenvalue weighted by atomic mass is 16.3. The van der Waals surface area contributed by atoms with E-state index in [9.17, 15) is 14.7 Å². The van der Waals surface area contributed by atoms with Gasteiger partial charge in [0, 0.05) is 36.1 Å². The minimum Gasteiger partial charge on any atom is -0.508 e. The molecule has 98 valence electrons. The van der Waals surface area contributed by atoms with Gasteiger partial charge in [0.05, 0.1) is 0 Å². The highest BCUT2D eigenvalue weighted by Gasteiger charge is 2.10. The van der Waals surface area contributed by atoms with E-state index in [-0.39, 0.29) is 22.8 Å². The molecule has 0 aliphatic heterocycles. The van der Waals surface area contributed by atoms with Crippen LogP contribution in [-0.2, 0) is 7.05 Å². The van der Waals surface area contributed by atoms with E-state index < -0.39 is 0 Å². The molecule has 2 rings (SSSR count). The Hall–Kier alpha value is -2.56. The minimum absolute atomic E-state index is 0.113. The summed E-state index contributed by atoms with van der Waals surface area (Å²) in [4.78, 5) is 23.5. The quantitative estimate of drug-likeness (QED) is 0.860. The van der Waals surface area contributed by atoms with Crippen molar-refractivity contribution in [1.29, 1.82) is 0 Å². The summed E-state index contributed by atoms with van der Waals surface area (Å²) in [7, 11) is 1.61. The fourth-order valence-corrected chi connectivity index (χ4v) is 1.64. The van der Waals surface area contributed by atoms with E-state index in [1.165, 1.54) is 16.8 Å². The van der Waals surface area contributed by atoms with Gasteiger partial charge in [-0.25, -0.2) is 0 Å². The molecule has 0 bridgehead atoms. The molecule has 0 spiro atoms. The lowest BCUT2D eigenvalue weighted by Crippen LogP contribution is -2.20. The van der Waals surface area contributed by atoms with Gasteiger partial charge in [0.1, 0.15) is 5.75 Å². The van der Waals surface area contributed by atoms with Gasteiger partial charge in [-0.05, 0) is 25.1 Å². The third-order valence-corrected chi connectivity index (χ3v) is 2.92. The summed E-state index contributed by atoms with van der Waals surface area (Å²) in [5.41, 5.74) is 1.14. The first-order valence-electron chi connectivity index (χ1n) is 5.75. The third-order valence-electron chi connectivity index (χ3n) is 2.92. The predicted octanol–water partition coefficient (Wildman–Crippen LogP) is 1.65. The molecule has 1 amide bonds. The number of phenols is 1. The Morgan fingerprint density at radius 1 is 1.32 bits per heavy atom. The van der Waals surface area contributed by atoms with E-state index in [1.54, 1.807) is 38.2 Å². The van der Waals surface area contributed by atoms with E-state index in [0.29, 0.717) is 11.3 Å². The Bertz CT molecular complexity index is 689. The number of phenolic OH excluding ortho intramolecular Hbond substituents is 1. The Morgan fingerprint density at radius 2 is 2.05 bits per heavy atom. The van der Waals surface area contributed by atoms with Gasteiger partial charge in [0.2, 0.25) is 0 Å². The Balaban J connectivity index is 2.28. The van der Waals surface area contributed by atoms with Crippen molar-refractivity contribution in [3.63, 3.8) is 0 Å². The number of aryl methyl sites for hydroxylation is 1. The number of carbonyl (C=O) groups excluding carboxylic acids is 1. The number of benzene rings is 1. The van der Waals surface area contributed by atoms with Crippen molar-refractivity contribution >= 4 is 11.6 Å². The molecule has 0 atom stereocenters. The Morgan fingerprint density at radius 3 is 2.74 bits per heavy atom. The summed E-state index contributed by atoms with van der Waals surface area (Å²) in [5.74, 6) is -0.270. The molecular weight excluding hydrogens is 244 g/mol. The van der Waals surface area contributed by atoms with Crippen molar-refractivity contribution < 1.29 is 9.90 Å². The molecule has 5 heteroatoms. The molecule has 1 heterocycles. The summed E-state index contributed by atoms with van der Waals surface area (Å²) in [6, 6.07) is 7.71. The number of carbonyl (C=O) groups is 1.